The first-order chi connectivity index (χ1) is 9.77. The smallest absolute Gasteiger partial charge is 0.249 e. The van der Waals surface area contributed by atoms with E-state index in [-0.39, 0.29) is 17.9 Å². The van der Waals surface area contributed by atoms with Crippen LogP contribution >= 0.6 is 0 Å². The average molecular weight is 298 g/mol. The van der Waals surface area contributed by atoms with Gasteiger partial charge in [0, 0.05) is 6.54 Å². The van der Waals surface area contributed by atoms with E-state index in [0.29, 0.717) is 32.4 Å². The van der Waals surface area contributed by atoms with Gasteiger partial charge < -0.3 is 15.0 Å². The second-order valence-electron chi connectivity index (χ2n) is 6.25. The van der Waals surface area contributed by atoms with Gasteiger partial charge in [-0.3, -0.25) is 9.59 Å². The van der Waals surface area contributed by atoms with E-state index in [9.17, 15) is 9.59 Å². The molecule has 0 spiro atoms. The lowest BCUT2D eigenvalue weighted by Crippen LogP contribution is -2.74. The zero-order valence-corrected chi connectivity index (χ0v) is 14.3. The predicted molar refractivity (Wildman–Crippen MR) is 83.0 cm³/mol. The summed E-state index contributed by atoms with van der Waals surface area (Å²) < 4.78 is 5.59. The Labute approximate surface area is 128 Å². The highest BCUT2D eigenvalue weighted by Crippen LogP contribution is 2.33. The fourth-order valence-corrected chi connectivity index (χ4v) is 2.92. The van der Waals surface area contributed by atoms with Crippen LogP contribution in [-0.4, -0.2) is 47.0 Å². The van der Waals surface area contributed by atoms with E-state index in [0.717, 1.165) is 0 Å². The Morgan fingerprint density at radius 1 is 1.14 bits per heavy atom. The summed E-state index contributed by atoms with van der Waals surface area (Å²) in [6, 6.07) is 0. The molecule has 1 rings (SSSR count). The summed E-state index contributed by atoms with van der Waals surface area (Å²) in [5.41, 5.74) is -1.55. The van der Waals surface area contributed by atoms with Crippen molar-refractivity contribution in [1.29, 1.82) is 0 Å². The predicted octanol–water partition coefficient (Wildman–Crippen LogP) is 2.10. The molecule has 1 heterocycles. The van der Waals surface area contributed by atoms with Crippen LogP contribution in [0, 0.1) is 0 Å². The van der Waals surface area contributed by atoms with Crippen LogP contribution in [0.5, 0.6) is 0 Å². The van der Waals surface area contributed by atoms with E-state index >= 15 is 0 Å². The summed E-state index contributed by atoms with van der Waals surface area (Å²) in [6.45, 7) is 12.5. The SMILES string of the molecule is CCC1(C)NC(=O)C(CC)(CC)N(CCOC(C)C)C1=O. The summed E-state index contributed by atoms with van der Waals surface area (Å²) in [4.78, 5) is 27.3. The molecule has 0 radical (unpaired) electrons. The highest BCUT2D eigenvalue weighted by molar-refractivity contribution is 6.02. The molecule has 122 valence electrons. The number of nitrogens with one attached hydrogen (secondary N) is 1. The van der Waals surface area contributed by atoms with Crippen LogP contribution in [-0.2, 0) is 14.3 Å². The maximum absolute atomic E-state index is 12.9. The van der Waals surface area contributed by atoms with Crippen LogP contribution in [0.25, 0.3) is 0 Å². The maximum atomic E-state index is 12.9. The molecule has 1 N–H and O–H groups in total. The van der Waals surface area contributed by atoms with Crippen molar-refractivity contribution >= 4 is 11.8 Å². The molecule has 0 aromatic rings. The lowest BCUT2D eigenvalue weighted by atomic mass is 9.81. The van der Waals surface area contributed by atoms with Gasteiger partial charge in [-0.2, -0.15) is 0 Å². The van der Waals surface area contributed by atoms with E-state index in [2.05, 4.69) is 5.32 Å². The minimum absolute atomic E-state index is 0.000608. The summed E-state index contributed by atoms with van der Waals surface area (Å²) in [5, 5.41) is 2.94. The van der Waals surface area contributed by atoms with Gasteiger partial charge in [0.05, 0.1) is 12.7 Å². The number of piperazine rings is 1. The van der Waals surface area contributed by atoms with Gasteiger partial charge in [-0.05, 0) is 40.0 Å². The summed E-state index contributed by atoms with van der Waals surface area (Å²) in [5.74, 6) is -0.0401. The second-order valence-corrected chi connectivity index (χ2v) is 6.25. The van der Waals surface area contributed by atoms with Gasteiger partial charge in [0.2, 0.25) is 11.8 Å². The maximum Gasteiger partial charge on any atom is 0.249 e. The monoisotopic (exact) mass is 298 g/mol. The fraction of sp³-hybridized carbons (Fsp3) is 0.875. The number of amides is 2. The first-order valence-corrected chi connectivity index (χ1v) is 8.03. The molecule has 0 saturated carbocycles. The highest BCUT2D eigenvalue weighted by atomic mass is 16.5. The summed E-state index contributed by atoms with van der Waals surface area (Å²) in [7, 11) is 0. The van der Waals surface area contributed by atoms with Crippen molar-refractivity contribution in [3.8, 4) is 0 Å². The standard InChI is InChI=1S/C16H30N2O3/c1-7-15(6)14(20)18(10-11-21-12(4)5)16(8-2,9-3)13(19)17-15/h12H,7-11H2,1-6H3,(H,17,19). The number of nitrogens with zero attached hydrogens (tertiary/aromatic N) is 1. The molecule has 21 heavy (non-hydrogen) atoms. The number of carbonyl (C=O) groups is 2. The Morgan fingerprint density at radius 3 is 2.14 bits per heavy atom. The van der Waals surface area contributed by atoms with Crippen molar-refractivity contribution in [2.75, 3.05) is 13.2 Å². The van der Waals surface area contributed by atoms with E-state index in [1.54, 1.807) is 11.8 Å². The Hall–Kier alpha value is -1.10. The Balaban J connectivity index is 3.07. The topological polar surface area (TPSA) is 58.6 Å². The summed E-state index contributed by atoms with van der Waals surface area (Å²) in [6.07, 6.45) is 1.93. The lowest BCUT2D eigenvalue weighted by Gasteiger charge is -2.51. The molecule has 0 aliphatic carbocycles. The number of hydrogen-bond acceptors (Lipinski definition) is 3. The van der Waals surface area contributed by atoms with Crippen LogP contribution in [0.3, 0.4) is 0 Å². The van der Waals surface area contributed by atoms with Gasteiger partial charge in [0.15, 0.2) is 0 Å². The van der Waals surface area contributed by atoms with Crippen molar-refractivity contribution in [3.63, 3.8) is 0 Å². The first kappa shape index (κ1) is 18.0. The van der Waals surface area contributed by atoms with Gasteiger partial charge in [-0.25, -0.2) is 0 Å². The first-order valence-electron chi connectivity index (χ1n) is 8.03. The number of hydrogen-bond donors (Lipinski definition) is 1. The highest BCUT2D eigenvalue weighted by Gasteiger charge is 2.54. The molecule has 1 atom stereocenters. The van der Waals surface area contributed by atoms with E-state index < -0.39 is 11.1 Å². The summed E-state index contributed by atoms with van der Waals surface area (Å²) >= 11 is 0. The molecule has 5 heteroatoms. The van der Waals surface area contributed by atoms with Gasteiger partial charge in [0.1, 0.15) is 11.1 Å². The van der Waals surface area contributed by atoms with Crippen LogP contribution in [0.4, 0.5) is 0 Å². The molecule has 1 aliphatic heterocycles. The number of ether oxygens (including phenoxy) is 1. The quantitative estimate of drug-likeness (QED) is 0.783. The van der Waals surface area contributed by atoms with Gasteiger partial charge in [-0.1, -0.05) is 20.8 Å². The van der Waals surface area contributed by atoms with Gasteiger partial charge in [0.25, 0.3) is 0 Å². The minimum atomic E-state index is -0.803. The van der Waals surface area contributed by atoms with Gasteiger partial charge >= 0.3 is 0 Å². The van der Waals surface area contributed by atoms with E-state index in [1.165, 1.54) is 0 Å². The molecule has 0 bridgehead atoms. The van der Waals surface area contributed by atoms with Crippen LogP contribution < -0.4 is 5.32 Å². The van der Waals surface area contributed by atoms with Crippen molar-refractivity contribution < 1.29 is 14.3 Å². The van der Waals surface area contributed by atoms with E-state index in [1.807, 2.05) is 34.6 Å². The fourth-order valence-electron chi connectivity index (χ4n) is 2.92. The third kappa shape index (κ3) is 3.23. The molecular formula is C16H30N2O3. The molecule has 0 aromatic heterocycles. The van der Waals surface area contributed by atoms with Crippen molar-refractivity contribution in [3.05, 3.63) is 0 Å². The zero-order valence-electron chi connectivity index (χ0n) is 14.3. The van der Waals surface area contributed by atoms with E-state index in [4.69, 9.17) is 4.74 Å². The molecule has 1 unspecified atom stereocenters. The average Bonchev–Trinajstić information content (AvgIpc) is 2.44. The molecule has 0 aromatic carbocycles. The number of rotatable bonds is 7. The Morgan fingerprint density at radius 2 is 1.71 bits per heavy atom. The lowest BCUT2D eigenvalue weighted by molar-refractivity contribution is -0.164. The normalized spacial score (nSPS) is 25.4. The molecule has 5 nitrogen and oxygen atoms in total. The van der Waals surface area contributed by atoms with Crippen molar-refractivity contribution in [1.82, 2.24) is 10.2 Å². The minimum Gasteiger partial charge on any atom is -0.377 e. The van der Waals surface area contributed by atoms with Crippen LogP contribution in [0.2, 0.25) is 0 Å². The van der Waals surface area contributed by atoms with Crippen LogP contribution in [0.15, 0.2) is 0 Å². The van der Waals surface area contributed by atoms with Crippen molar-refractivity contribution in [2.24, 2.45) is 0 Å². The zero-order chi connectivity index (χ0) is 16.3. The van der Waals surface area contributed by atoms with Crippen molar-refractivity contribution in [2.45, 2.75) is 78.0 Å². The molecule has 1 fully saturated rings. The number of carbonyl (C=O) groups excluding carboxylic acids is 2. The molecule has 1 saturated heterocycles. The third-order valence-corrected chi connectivity index (χ3v) is 4.69. The second kappa shape index (κ2) is 6.77. The largest absolute Gasteiger partial charge is 0.377 e. The Kier molecular flexibility index (Phi) is 5.79. The molecular weight excluding hydrogens is 268 g/mol. The Bertz CT molecular complexity index is 391. The van der Waals surface area contributed by atoms with Crippen LogP contribution in [0.1, 0.15) is 60.8 Å². The van der Waals surface area contributed by atoms with Gasteiger partial charge in [-0.15, -0.1) is 0 Å². The third-order valence-electron chi connectivity index (χ3n) is 4.69. The molecule has 2 amide bonds. The molecule has 1 aliphatic rings.